The van der Waals surface area contributed by atoms with Crippen molar-refractivity contribution in [2.75, 3.05) is 6.61 Å². The average molecular weight is 612 g/mol. The highest BCUT2D eigenvalue weighted by atomic mass is 35.5. The van der Waals surface area contributed by atoms with Crippen LogP contribution in [0.15, 0.2) is 36.4 Å². The molecule has 5 nitrogen and oxygen atoms in total. The van der Waals surface area contributed by atoms with Gasteiger partial charge in [-0.1, -0.05) is 76.0 Å². The van der Waals surface area contributed by atoms with Crippen LogP contribution in [0.1, 0.15) is 64.5 Å². The van der Waals surface area contributed by atoms with Gasteiger partial charge in [0.25, 0.3) is 0 Å². The molecule has 40 heavy (non-hydrogen) atoms. The molecule has 0 saturated carbocycles. The molecule has 2 aromatic rings. The van der Waals surface area contributed by atoms with Crippen LogP contribution in [-0.2, 0) is 14.6 Å². The molecule has 0 aromatic heterocycles. The number of hydrogen-bond acceptors (Lipinski definition) is 4. The summed E-state index contributed by atoms with van der Waals surface area (Å²) < 4.78 is 37.5. The third-order valence-electron chi connectivity index (χ3n) is 8.70. The van der Waals surface area contributed by atoms with E-state index in [0.29, 0.717) is 19.4 Å². The molecule has 4 unspecified atom stereocenters. The van der Waals surface area contributed by atoms with E-state index in [0.717, 1.165) is 6.07 Å². The number of carboxylic acids is 1. The minimum absolute atomic E-state index is 0.0369. The van der Waals surface area contributed by atoms with E-state index in [1.54, 1.807) is 0 Å². The fourth-order valence-electron chi connectivity index (χ4n) is 5.38. The lowest BCUT2D eigenvalue weighted by atomic mass is 9.62. The Bertz CT molecular complexity index is 1310. The molecule has 218 valence electrons. The van der Waals surface area contributed by atoms with Crippen LogP contribution < -0.4 is 5.32 Å². The van der Waals surface area contributed by atoms with Crippen molar-refractivity contribution in [3.8, 4) is 6.07 Å². The lowest BCUT2D eigenvalue weighted by molar-refractivity contribution is -0.139. The van der Waals surface area contributed by atoms with E-state index in [1.807, 2.05) is 13.8 Å². The molecule has 3 rings (SSSR count). The number of aliphatic carboxylic acids is 1. The Hall–Kier alpha value is -2.02. The van der Waals surface area contributed by atoms with Crippen LogP contribution in [0.4, 0.5) is 8.78 Å². The van der Waals surface area contributed by atoms with Gasteiger partial charge < -0.3 is 9.53 Å². The molecule has 0 radical (unpaired) electrons. The highest BCUT2D eigenvalue weighted by Gasteiger charge is 2.61. The van der Waals surface area contributed by atoms with E-state index >= 15 is 8.78 Å². The predicted octanol–water partition coefficient (Wildman–Crippen LogP) is 8.07. The van der Waals surface area contributed by atoms with Crippen LogP contribution in [0, 0.1) is 28.4 Å². The summed E-state index contributed by atoms with van der Waals surface area (Å²) in [5.74, 6) is -4.16. The summed E-state index contributed by atoms with van der Waals surface area (Å²) in [7, 11) is -2.00. The van der Waals surface area contributed by atoms with E-state index in [4.69, 9.17) is 27.6 Å². The van der Waals surface area contributed by atoms with Crippen LogP contribution in [-0.4, -0.2) is 38.1 Å². The predicted molar refractivity (Wildman–Crippen MR) is 157 cm³/mol. The Balaban J connectivity index is 2.13. The molecule has 1 saturated heterocycles. The first-order valence-corrected chi connectivity index (χ1v) is 17.0. The number of nitriles is 1. The van der Waals surface area contributed by atoms with Gasteiger partial charge in [-0.05, 0) is 60.2 Å². The second kappa shape index (κ2) is 11.7. The van der Waals surface area contributed by atoms with Gasteiger partial charge in [-0.25, -0.2) is 8.78 Å². The molecular formula is C30H38Cl2F2N2O3Si. The summed E-state index contributed by atoms with van der Waals surface area (Å²) in [6.45, 7) is 15.3. The fourth-order valence-corrected chi connectivity index (χ4v) is 6.77. The summed E-state index contributed by atoms with van der Waals surface area (Å²) in [6.07, 6.45) is 0.919. The minimum atomic E-state index is -2.00. The monoisotopic (exact) mass is 610 g/mol. The van der Waals surface area contributed by atoms with Gasteiger partial charge in [-0.15, -0.1) is 0 Å². The van der Waals surface area contributed by atoms with E-state index in [1.165, 1.54) is 30.3 Å². The van der Waals surface area contributed by atoms with Crippen molar-refractivity contribution in [1.29, 1.82) is 5.26 Å². The second-order valence-electron chi connectivity index (χ2n) is 13.0. The molecule has 10 heteroatoms. The third-order valence-corrected chi connectivity index (χ3v) is 13.8. The van der Waals surface area contributed by atoms with E-state index in [2.05, 4.69) is 45.3 Å². The SMILES string of the molecule is CC(C)(CCO[Si](C)(C)C(C)(C)C)CC1NC(C(=O)O)C(c2cccc(Cl)c2F)C1(C#N)c1ccc(Cl)cc1F. The number of nitrogens with one attached hydrogen (secondary N) is 1. The molecule has 0 amide bonds. The van der Waals surface area contributed by atoms with Crippen molar-refractivity contribution < 1.29 is 23.1 Å². The summed E-state index contributed by atoms with van der Waals surface area (Å²) in [5, 5.41) is 24.1. The Kier molecular flexibility index (Phi) is 9.50. The molecule has 2 aromatic carbocycles. The quantitative estimate of drug-likeness (QED) is 0.280. The van der Waals surface area contributed by atoms with Gasteiger partial charge in [0.15, 0.2) is 8.32 Å². The maximum absolute atomic E-state index is 15.6. The second-order valence-corrected chi connectivity index (χ2v) is 18.6. The number of carboxylic acid groups (broad SMARTS) is 1. The molecule has 1 aliphatic rings. The van der Waals surface area contributed by atoms with Crippen LogP contribution in [0.5, 0.6) is 0 Å². The minimum Gasteiger partial charge on any atom is -0.480 e. The van der Waals surface area contributed by atoms with E-state index in [-0.39, 0.29) is 26.2 Å². The zero-order valence-corrected chi connectivity index (χ0v) is 26.6. The zero-order chi connectivity index (χ0) is 30.3. The first-order valence-electron chi connectivity index (χ1n) is 13.3. The smallest absolute Gasteiger partial charge is 0.321 e. The van der Waals surface area contributed by atoms with Gasteiger partial charge in [0, 0.05) is 29.2 Å². The van der Waals surface area contributed by atoms with Crippen LogP contribution in [0.2, 0.25) is 28.2 Å². The lowest BCUT2D eigenvalue weighted by Crippen LogP contribution is -2.46. The average Bonchev–Trinajstić information content (AvgIpc) is 3.14. The molecule has 2 N–H and O–H groups in total. The molecule has 1 aliphatic heterocycles. The Morgan fingerprint density at radius 3 is 2.38 bits per heavy atom. The molecular weight excluding hydrogens is 573 g/mol. The van der Waals surface area contributed by atoms with Gasteiger partial charge in [-0.3, -0.25) is 10.1 Å². The third kappa shape index (κ3) is 6.24. The van der Waals surface area contributed by atoms with Crippen molar-refractivity contribution in [2.45, 2.75) is 89.0 Å². The van der Waals surface area contributed by atoms with E-state index < -0.39 is 54.8 Å². The van der Waals surface area contributed by atoms with Crippen LogP contribution in [0.3, 0.4) is 0 Å². The number of rotatable bonds is 9. The number of nitrogens with zero attached hydrogens (tertiary/aromatic N) is 1. The first-order chi connectivity index (χ1) is 18.4. The summed E-state index contributed by atoms with van der Waals surface area (Å²) >= 11 is 12.1. The molecule has 1 fully saturated rings. The summed E-state index contributed by atoms with van der Waals surface area (Å²) in [4.78, 5) is 12.6. The number of carbonyl (C=O) groups is 1. The van der Waals surface area contributed by atoms with Gasteiger partial charge in [-0.2, -0.15) is 5.26 Å². The Morgan fingerprint density at radius 1 is 1.18 bits per heavy atom. The number of benzene rings is 2. The Morgan fingerprint density at radius 2 is 1.82 bits per heavy atom. The van der Waals surface area contributed by atoms with Crippen molar-refractivity contribution in [2.24, 2.45) is 5.41 Å². The largest absolute Gasteiger partial charge is 0.480 e. The maximum Gasteiger partial charge on any atom is 0.321 e. The molecule has 0 aliphatic carbocycles. The highest BCUT2D eigenvalue weighted by Crippen LogP contribution is 2.53. The van der Waals surface area contributed by atoms with Crippen molar-refractivity contribution in [3.05, 3.63) is 69.2 Å². The maximum atomic E-state index is 15.6. The van der Waals surface area contributed by atoms with Crippen molar-refractivity contribution >= 4 is 37.5 Å². The lowest BCUT2D eigenvalue weighted by Gasteiger charge is -2.40. The summed E-state index contributed by atoms with van der Waals surface area (Å²) in [5.41, 5.74) is -2.35. The van der Waals surface area contributed by atoms with Crippen LogP contribution >= 0.6 is 23.2 Å². The standard InChI is InChI=1S/C30H38Cl2F2N2O3Si/c1-28(2,3)40(6,7)39-14-13-29(4,5)16-23-30(17-35,20-12-11-18(31)15-22(20)33)24(26(36-23)27(37)38)19-9-8-10-21(32)25(19)34/h8-12,15,23-24,26,36H,13-14,16H2,1-7H3,(H,37,38). The Labute approximate surface area is 247 Å². The molecule has 1 heterocycles. The summed E-state index contributed by atoms with van der Waals surface area (Å²) in [6, 6.07) is 8.21. The fraction of sp³-hybridized carbons (Fsp3) is 0.533. The highest BCUT2D eigenvalue weighted by molar-refractivity contribution is 6.74. The molecule has 0 spiro atoms. The van der Waals surface area contributed by atoms with Gasteiger partial charge in [0.2, 0.25) is 0 Å². The van der Waals surface area contributed by atoms with Gasteiger partial charge in [0.05, 0.1) is 11.1 Å². The van der Waals surface area contributed by atoms with Crippen molar-refractivity contribution in [3.63, 3.8) is 0 Å². The molecule has 4 atom stereocenters. The number of hydrogen-bond donors (Lipinski definition) is 2. The topological polar surface area (TPSA) is 82.3 Å². The van der Waals surface area contributed by atoms with Crippen molar-refractivity contribution in [1.82, 2.24) is 5.32 Å². The normalized spacial score (nSPS) is 23.7. The first kappa shape index (κ1) is 32.5. The zero-order valence-electron chi connectivity index (χ0n) is 24.0. The van der Waals surface area contributed by atoms with Gasteiger partial charge >= 0.3 is 5.97 Å². The number of halogens is 4. The van der Waals surface area contributed by atoms with Gasteiger partial charge in [0.1, 0.15) is 23.1 Å². The van der Waals surface area contributed by atoms with Crippen LogP contribution in [0.25, 0.3) is 0 Å². The molecule has 0 bridgehead atoms. The van der Waals surface area contributed by atoms with E-state index in [9.17, 15) is 15.2 Å².